The Hall–Kier alpha value is -3.29. The molecule has 2 saturated heterocycles. The first-order chi connectivity index (χ1) is 17.0. The molecule has 2 aliphatic rings. The molecule has 1 unspecified atom stereocenters. The lowest BCUT2D eigenvalue weighted by Gasteiger charge is -2.38. The summed E-state index contributed by atoms with van der Waals surface area (Å²) in [4.78, 5) is 21.5. The molecule has 7 nitrogen and oxygen atoms in total. The third kappa shape index (κ3) is 5.36. The van der Waals surface area contributed by atoms with E-state index in [2.05, 4.69) is 16.0 Å². The number of phenolic OH excluding ortho intramolecular Hbond substituents is 1. The molecular formula is C27H28ClN3O4. The van der Waals surface area contributed by atoms with Crippen LogP contribution in [0.4, 0.5) is 4.79 Å². The van der Waals surface area contributed by atoms with Gasteiger partial charge in [0.2, 0.25) is 5.88 Å². The van der Waals surface area contributed by atoms with Crippen molar-refractivity contribution in [3.05, 3.63) is 82.5 Å². The number of hydrogen-bond acceptors (Lipinski definition) is 6. The lowest BCUT2D eigenvalue weighted by molar-refractivity contribution is 0.104. The van der Waals surface area contributed by atoms with Crippen LogP contribution >= 0.6 is 11.6 Å². The van der Waals surface area contributed by atoms with E-state index in [0.717, 1.165) is 49.3 Å². The quantitative estimate of drug-likeness (QED) is 0.474. The molecular weight excluding hydrogens is 466 g/mol. The van der Waals surface area contributed by atoms with E-state index in [1.165, 1.54) is 0 Å². The lowest BCUT2D eigenvalue weighted by Crippen LogP contribution is -2.46. The summed E-state index contributed by atoms with van der Waals surface area (Å²) in [5.74, 6) is 1.35. The van der Waals surface area contributed by atoms with Crippen molar-refractivity contribution in [3.8, 4) is 17.4 Å². The number of amides is 1. The van der Waals surface area contributed by atoms with Crippen LogP contribution in [0.2, 0.25) is 5.02 Å². The van der Waals surface area contributed by atoms with Crippen molar-refractivity contribution < 1.29 is 19.4 Å². The average Bonchev–Trinajstić information content (AvgIpc) is 3.24. The molecule has 0 radical (unpaired) electrons. The van der Waals surface area contributed by atoms with E-state index < -0.39 is 0 Å². The maximum absolute atomic E-state index is 12.6. The van der Waals surface area contributed by atoms with Crippen molar-refractivity contribution in [2.24, 2.45) is 0 Å². The van der Waals surface area contributed by atoms with E-state index in [9.17, 15) is 9.90 Å². The molecule has 182 valence electrons. The highest BCUT2D eigenvalue weighted by Crippen LogP contribution is 2.34. The van der Waals surface area contributed by atoms with Gasteiger partial charge in [-0.2, -0.15) is 0 Å². The molecule has 2 aromatic carbocycles. The zero-order chi connectivity index (χ0) is 24.4. The van der Waals surface area contributed by atoms with E-state index >= 15 is 0 Å². The smallest absolute Gasteiger partial charge is 0.410 e. The lowest BCUT2D eigenvalue weighted by atomic mass is 9.98. The third-order valence-electron chi connectivity index (χ3n) is 6.72. The highest BCUT2D eigenvalue weighted by Gasteiger charge is 2.40. The van der Waals surface area contributed by atoms with Crippen molar-refractivity contribution in [3.63, 3.8) is 0 Å². The van der Waals surface area contributed by atoms with Crippen LogP contribution in [0, 0.1) is 6.92 Å². The van der Waals surface area contributed by atoms with Gasteiger partial charge < -0.3 is 14.6 Å². The number of aromatic hydroxyl groups is 1. The van der Waals surface area contributed by atoms with Crippen LogP contribution in [0.5, 0.6) is 17.4 Å². The molecule has 1 N–H and O–H groups in total. The van der Waals surface area contributed by atoms with Crippen LogP contribution in [-0.2, 0) is 11.3 Å². The van der Waals surface area contributed by atoms with Crippen LogP contribution in [0.25, 0.3) is 0 Å². The molecule has 1 aromatic heterocycles. The van der Waals surface area contributed by atoms with Gasteiger partial charge in [-0.3, -0.25) is 9.80 Å². The number of rotatable bonds is 6. The summed E-state index contributed by atoms with van der Waals surface area (Å²) in [7, 11) is 0. The molecule has 3 aromatic rings. The summed E-state index contributed by atoms with van der Waals surface area (Å²) in [5.41, 5.74) is 3.09. The number of carbonyl (C=O) groups excluding carboxylic acids is 1. The van der Waals surface area contributed by atoms with Crippen molar-refractivity contribution in [2.45, 2.75) is 38.4 Å². The van der Waals surface area contributed by atoms with E-state index in [1.807, 2.05) is 42.2 Å². The highest BCUT2D eigenvalue weighted by atomic mass is 35.5. The number of ether oxygens (including phenoxy) is 2. The molecule has 1 atom stereocenters. The predicted molar refractivity (Wildman–Crippen MR) is 133 cm³/mol. The van der Waals surface area contributed by atoms with Crippen molar-refractivity contribution in [1.29, 1.82) is 0 Å². The van der Waals surface area contributed by atoms with Gasteiger partial charge in [0.15, 0.2) is 0 Å². The molecule has 2 fully saturated rings. The maximum Gasteiger partial charge on any atom is 0.410 e. The fraction of sp³-hybridized carbons (Fsp3) is 0.333. The minimum absolute atomic E-state index is 0.0923. The van der Waals surface area contributed by atoms with Gasteiger partial charge in [-0.15, -0.1) is 0 Å². The molecule has 5 rings (SSSR count). The van der Waals surface area contributed by atoms with E-state index in [1.54, 1.807) is 24.3 Å². The van der Waals surface area contributed by atoms with Crippen LogP contribution in [-0.4, -0.2) is 51.7 Å². The van der Waals surface area contributed by atoms with Gasteiger partial charge in [-0.1, -0.05) is 29.8 Å². The number of phenols is 1. The summed E-state index contributed by atoms with van der Waals surface area (Å²) in [6.07, 6.45) is 1.54. The molecule has 0 spiro atoms. The number of hydrogen-bond donors (Lipinski definition) is 1. The van der Waals surface area contributed by atoms with Gasteiger partial charge in [0, 0.05) is 42.5 Å². The summed E-state index contributed by atoms with van der Waals surface area (Å²) in [6.45, 7) is 4.93. The fourth-order valence-electron chi connectivity index (χ4n) is 4.83. The number of aromatic nitrogens is 1. The van der Waals surface area contributed by atoms with Gasteiger partial charge in [-0.25, -0.2) is 9.78 Å². The molecule has 3 heterocycles. The number of carbonyl (C=O) groups is 1. The Morgan fingerprint density at radius 1 is 1.11 bits per heavy atom. The molecule has 1 amide bonds. The maximum atomic E-state index is 12.6. The largest absolute Gasteiger partial charge is 0.508 e. The summed E-state index contributed by atoms with van der Waals surface area (Å²) in [6, 6.07) is 18.2. The summed E-state index contributed by atoms with van der Waals surface area (Å²) >= 11 is 6.18. The Labute approximate surface area is 209 Å². The van der Waals surface area contributed by atoms with Crippen molar-refractivity contribution in [2.75, 3.05) is 19.7 Å². The number of halogens is 1. The number of nitrogens with zero attached hydrogens (tertiary/aromatic N) is 3. The number of aryl methyl sites for hydroxylation is 1. The molecule has 0 aliphatic carbocycles. The number of cyclic esters (lactones) is 1. The average molecular weight is 494 g/mol. The molecule has 8 heteroatoms. The molecule has 0 saturated carbocycles. The fourth-order valence-corrected chi connectivity index (χ4v) is 5.03. The summed E-state index contributed by atoms with van der Waals surface area (Å²) in [5, 5.41) is 10.1. The van der Waals surface area contributed by atoms with E-state index in [4.69, 9.17) is 21.1 Å². The Balaban J connectivity index is 1.19. The number of piperidine rings is 1. The number of likely N-dealkylation sites (tertiary alicyclic amines) is 1. The normalized spacial score (nSPS) is 19.1. The first-order valence-corrected chi connectivity index (χ1v) is 12.2. The number of benzene rings is 2. The second kappa shape index (κ2) is 10.1. The second-order valence-corrected chi connectivity index (χ2v) is 9.49. The molecule has 35 heavy (non-hydrogen) atoms. The Kier molecular flexibility index (Phi) is 6.79. The first kappa shape index (κ1) is 23.5. The minimum atomic E-state index is -0.238. The Morgan fingerprint density at radius 2 is 1.89 bits per heavy atom. The standard InChI is InChI=1S/C27H28ClN3O4/c1-18-20(5-10-26(29-18)35-24-8-6-23(32)7-9-24)16-30-13-11-22(12-14-30)31-25(17-34-27(31)33)19-3-2-4-21(28)15-19/h2-10,15,22,25,32H,11-14,16-17H2,1H3. The minimum Gasteiger partial charge on any atom is -0.508 e. The van der Waals surface area contributed by atoms with Crippen molar-refractivity contribution >= 4 is 17.7 Å². The van der Waals surface area contributed by atoms with Crippen molar-refractivity contribution in [1.82, 2.24) is 14.8 Å². The van der Waals surface area contributed by atoms with E-state index in [0.29, 0.717) is 23.3 Å². The van der Waals surface area contributed by atoms with Gasteiger partial charge >= 0.3 is 6.09 Å². The first-order valence-electron chi connectivity index (χ1n) is 11.8. The Bertz CT molecular complexity index is 1200. The Morgan fingerprint density at radius 3 is 2.60 bits per heavy atom. The summed E-state index contributed by atoms with van der Waals surface area (Å²) < 4.78 is 11.2. The van der Waals surface area contributed by atoms with Gasteiger partial charge in [0.25, 0.3) is 0 Å². The van der Waals surface area contributed by atoms with Crippen LogP contribution in [0.3, 0.4) is 0 Å². The van der Waals surface area contributed by atoms with Gasteiger partial charge in [0.05, 0.1) is 6.04 Å². The van der Waals surface area contributed by atoms with Crippen LogP contribution < -0.4 is 4.74 Å². The molecule has 0 bridgehead atoms. The predicted octanol–water partition coefficient (Wildman–Crippen LogP) is 5.70. The van der Waals surface area contributed by atoms with Gasteiger partial charge in [-0.05, 0) is 67.3 Å². The zero-order valence-electron chi connectivity index (χ0n) is 19.6. The van der Waals surface area contributed by atoms with E-state index in [-0.39, 0.29) is 23.9 Å². The highest BCUT2D eigenvalue weighted by molar-refractivity contribution is 6.30. The number of pyridine rings is 1. The topological polar surface area (TPSA) is 75.1 Å². The zero-order valence-corrected chi connectivity index (χ0v) is 20.3. The van der Waals surface area contributed by atoms with Crippen LogP contribution in [0.1, 0.15) is 35.7 Å². The van der Waals surface area contributed by atoms with Crippen LogP contribution in [0.15, 0.2) is 60.7 Å². The monoisotopic (exact) mass is 493 g/mol. The molecule has 2 aliphatic heterocycles. The second-order valence-electron chi connectivity index (χ2n) is 9.05. The van der Waals surface area contributed by atoms with Gasteiger partial charge in [0.1, 0.15) is 18.1 Å². The third-order valence-corrected chi connectivity index (χ3v) is 6.95. The SMILES string of the molecule is Cc1nc(Oc2ccc(O)cc2)ccc1CN1CCC(N2C(=O)OCC2c2cccc(Cl)c2)CC1.